The number of carbonyl (C=O) groups is 2. The maximum Gasteiger partial charge on any atom is 0.326 e. The molecule has 0 aliphatic carbocycles. The smallest absolute Gasteiger partial charge is 0.326 e. The predicted octanol–water partition coefficient (Wildman–Crippen LogP) is 2.17. The number of carboxylic acids is 1. The zero-order valence-corrected chi connectivity index (χ0v) is 12.8. The minimum Gasteiger partial charge on any atom is -0.480 e. The number of carbonyl (C=O) groups excluding carboxylic acids is 1. The predicted molar refractivity (Wildman–Crippen MR) is 79.9 cm³/mol. The number of aliphatic carboxylic acids is 1. The fourth-order valence-electron chi connectivity index (χ4n) is 1.93. The molecule has 0 aliphatic heterocycles. The van der Waals surface area contributed by atoms with Crippen molar-refractivity contribution < 1.29 is 14.7 Å². The molecule has 1 heterocycles. The summed E-state index contributed by atoms with van der Waals surface area (Å²) in [7, 11) is 1.62. The quantitative estimate of drug-likeness (QED) is 0.807. The molecule has 116 valence electrons. The lowest BCUT2D eigenvalue weighted by Crippen LogP contribution is -2.46. The summed E-state index contributed by atoms with van der Waals surface area (Å²) >= 11 is 0. The molecule has 1 atom stereocenters. The van der Waals surface area contributed by atoms with Gasteiger partial charge >= 0.3 is 12.0 Å². The summed E-state index contributed by atoms with van der Waals surface area (Å²) in [6.45, 7) is 4.21. The highest BCUT2D eigenvalue weighted by atomic mass is 16.4. The summed E-state index contributed by atoms with van der Waals surface area (Å²) in [4.78, 5) is 28.9. The second kappa shape index (κ2) is 8.24. The van der Waals surface area contributed by atoms with Gasteiger partial charge in [-0.15, -0.1) is 0 Å². The van der Waals surface area contributed by atoms with E-state index in [4.69, 9.17) is 5.11 Å². The van der Waals surface area contributed by atoms with E-state index in [1.54, 1.807) is 7.05 Å². The first-order chi connectivity index (χ1) is 9.93. The van der Waals surface area contributed by atoms with Crippen LogP contribution in [0.25, 0.3) is 0 Å². The molecule has 0 spiro atoms. The number of amides is 2. The minimum absolute atomic E-state index is 0.341. The van der Waals surface area contributed by atoms with E-state index in [-0.39, 0.29) is 0 Å². The zero-order chi connectivity index (χ0) is 15.8. The minimum atomic E-state index is -1.00. The van der Waals surface area contributed by atoms with Gasteiger partial charge in [0.15, 0.2) is 0 Å². The third-order valence-corrected chi connectivity index (χ3v) is 3.13. The van der Waals surface area contributed by atoms with Gasteiger partial charge in [-0.1, -0.05) is 25.8 Å². The molecule has 0 aromatic carbocycles. The van der Waals surface area contributed by atoms with E-state index < -0.39 is 18.0 Å². The lowest BCUT2D eigenvalue weighted by atomic mass is 10.1. The van der Waals surface area contributed by atoms with E-state index >= 15 is 0 Å². The van der Waals surface area contributed by atoms with Gasteiger partial charge in [-0.25, -0.2) is 9.59 Å². The van der Waals surface area contributed by atoms with Crippen LogP contribution in [0.2, 0.25) is 0 Å². The molecule has 0 aliphatic rings. The van der Waals surface area contributed by atoms with Gasteiger partial charge in [0.2, 0.25) is 0 Å². The van der Waals surface area contributed by atoms with Gasteiger partial charge < -0.3 is 15.3 Å². The Bertz CT molecular complexity index is 491. The Hall–Kier alpha value is -2.11. The molecule has 0 saturated carbocycles. The summed E-state index contributed by atoms with van der Waals surface area (Å²) in [5, 5.41) is 11.7. The molecule has 1 rings (SSSR count). The molecule has 0 unspecified atom stereocenters. The van der Waals surface area contributed by atoms with Gasteiger partial charge in [0.25, 0.3) is 0 Å². The largest absolute Gasteiger partial charge is 0.480 e. The van der Waals surface area contributed by atoms with Crippen LogP contribution in [0.15, 0.2) is 18.2 Å². The van der Waals surface area contributed by atoms with Crippen LogP contribution in [0, 0.1) is 6.92 Å². The van der Waals surface area contributed by atoms with Gasteiger partial charge in [0, 0.05) is 12.7 Å². The second-order valence-corrected chi connectivity index (χ2v) is 5.11. The third-order valence-electron chi connectivity index (χ3n) is 3.13. The SMILES string of the molecule is CCCC[C@H](NC(=O)N(C)Cc1cccc(C)n1)C(=O)O. The summed E-state index contributed by atoms with van der Waals surface area (Å²) in [5.41, 5.74) is 1.65. The van der Waals surface area contributed by atoms with Crippen molar-refractivity contribution >= 4 is 12.0 Å². The third kappa shape index (κ3) is 5.81. The Balaban J connectivity index is 2.58. The highest BCUT2D eigenvalue weighted by Crippen LogP contribution is 2.05. The van der Waals surface area contributed by atoms with Gasteiger partial charge in [-0.3, -0.25) is 4.98 Å². The number of carboxylic acid groups (broad SMARTS) is 1. The van der Waals surface area contributed by atoms with E-state index in [0.29, 0.717) is 13.0 Å². The number of urea groups is 1. The van der Waals surface area contributed by atoms with E-state index in [2.05, 4.69) is 10.3 Å². The van der Waals surface area contributed by atoms with Crippen molar-refractivity contribution in [3.8, 4) is 0 Å². The Morgan fingerprint density at radius 2 is 2.14 bits per heavy atom. The van der Waals surface area contributed by atoms with Gasteiger partial charge in [0.05, 0.1) is 12.2 Å². The van der Waals surface area contributed by atoms with Crippen LogP contribution in [-0.2, 0) is 11.3 Å². The summed E-state index contributed by atoms with van der Waals surface area (Å²) in [6, 6.07) is 4.36. The van der Waals surface area contributed by atoms with Crippen molar-refractivity contribution in [2.24, 2.45) is 0 Å². The first kappa shape index (κ1) is 16.9. The molecule has 0 fully saturated rings. The van der Waals surface area contributed by atoms with Crippen LogP contribution < -0.4 is 5.32 Å². The normalized spacial score (nSPS) is 11.8. The number of nitrogens with one attached hydrogen (secondary N) is 1. The van der Waals surface area contributed by atoms with E-state index in [1.807, 2.05) is 32.0 Å². The highest BCUT2D eigenvalue weighted by Gasteiger charge is 2.21. The van der Waals surface area contributed by atoms with Crippen molar-refractivity contribution in [3.63, 3.8) is 0 Å². The Labute approximate surface area is 125 Å². The molecule has 2 N–H and O–H groups in total. The monoisotopic (exact) mass is 293 g/mol. The average Bonchev–Trinajstić information content (AvgIpc) is 2.42. The van der Waals surface area contributed by atoms with Crippen LogP contribution in [0.5, 0.6) is 0 Å². The second-order valence-electron chi connectivity index (χ2n) is 5.11. The first-order valence-electron chi connectivity index (χ1n) is 7.11. The van der Waals surface area contributed by atoms with Crippen LogP contribution in [0.1, 0.15) is 37.6 Å². The molecule has 0 bridgehead atoms. The summed E-state index contributed by atoms with van der Waals surface area (Å²) < 4.78 is 0. The Kier molecular flexibility index (Phi) is 6.65. The van der Waals surface area contributed by atoms with Gasteiger partial charge in [-0.2, -0.15) is 0 Å². The van der Waals surface area contributed by atoms with E-state index in [1.165, 1.54) is 4.90 Å². The number of aryl methyl sites for hydroxylation is 1. The molecule has 6 nitrogen and oxygen atoms in total. The molecule has 6 heteroatoms. The molecule has 1 aromatic heterocycles. The van der Waals surface area contributed by atoms with E-state index in [9.17, 15) is 9.59 Å². The van der Waals surface area contributed by atoms with E-state index in [0.717, 1.165) is 24.2 Å². The molecule has 0 saturated heterocycles. The van der Waals surface area contributed by atoms with Gasteiger partial charge in [0.1, 0.15) is 6.04 Å². The topological polar surface area (TPSA) is 82.5 Å². The fraction of sp³-hybridized carbons (Fsp3) is 0.533. The lowest BCUT2D eigenvalue weighted by molar-refractivity contribution is -0.139. The van der Waals surface area contributed by atoms with Crippen LogP contribution in [-0.4, -0.2) is 40.1 Å². The fourth-order valence-corrected chi connectivity index (χ4v) is 1.93. The average molecular weight is 293 g/mol. The van der Waals surface area contributed by atoms with Crippen molar-refractivity contribution in [1.29, 1.82) is 0 Å². The summed E-state index contributed by atoms with van der Waals surface area (Å²) in [6.07, 6.45) is 2.09. The molecule has 1 aromatic rings. The number of nitrogens with zero attached hydrogens (tertiary/aromatic N) is 2. The number of rotatable bonds is 7. The van der Waals surface area contributed by atoms with Crippen LogP contribution in [0.4, 0.5) is 4.79 Å². The summed E-state index contributed by atoms with van der Waals surface area (Å²) in [5.74, 6) is -1.00. The maximum absolute atomic E-state index is 12.0. The Morgan fingerprint density at radius 3 is 2.71 bits per heavy atom. The van der Waals surface area contributed by atoms with Crippen LogP contribution >= 0.6 is 0 Å². The maximum atomic E-state index is 12.0. The van der Waals surface area contributed by atoms with Crippen molar-refractivity contribution in [3.05, 3.63) is 29.6 Å². The highest BCUT2D eigenvalue weighted by molar-refractivity contribution is 5.82. The van der Waals surface area contributed by atoms with Crippen LogP contribution in [0.3, 0.4) is 0 Å². The number of hydrogen-bond donors (Lipinski definition) is 2. The lowest BCUT2D eigenvalue weighted by Gasteiger charge is -2.21. The molecular formula is C15H23N3O3. The standard InChI is InChI=1S/C15H23N3O3/c1-4-5-9-13(14(19)20)17-15(21)18(3)10-12-8-6-7-11(2)16-12/h6-8,13H,4-5,9-10H2,1-3H3,(H,17,21)(H,19,20)/t13-/m0/s1. The van der Waals surface area contributed by atoms with Gasteiger partial charge in [-0.05, 0) is 25.5 Å². The van der Waals surface area contributed by atoms with Crippen molar-refractivity contribution in [2.45, 2.75) is 45.7 Å². The number of aromatic nitrogens is 1. The molecule has 0 radical (unpaired) electrons. The molecule has 21 heavy (non-hydrogen) atoms. The van der Waals surface area contributed by atoms with Crippen molar-refractivity contribution in [1.82, 2.24) is 15.2 Å². The number of hydrogen-bond acceptors (Lipinski definition) is 3. The zero-order valence-electron chi connectivity index (χ0n) is 12.8. The number of unbranched alkanes of at least 4 members (excludes halogenated alkanes) is 1. The molecular weight excluding hydrogens is 270 g/mol. The number of pyridine rings is 1. The van der Waals surface area contributed by atoms with Crippen molar-refractivity contribution in [2.75, 3.05) is 7.05 Å². The molecule has 2 amide bonds. The Morgan fingerprint density at radius 1 is 1.43 bits per heavy atom. The first-order valence-corrected chi connectivity index (χ1v) is 7.11.